The minimum Gasteiger partial charge on any atom is -0.399 e. The van der Waals surface area contributed by atoms with Gasteiger partial charge in [-0.15, -0.1) is 0 Å². The van der Waals surface area contributed by atoms with E-state index in [0.29, 0.717) is 5.54 Å². The van der Waals surface area contributed by atoms with Gasteiger partial charge in [-0.2, -0.15) is 0 Å². The van der Waals surface area contributed by atoms with Crippen molar-refractivity contribution in [1.82, 2.24) is 4.90 Å². The van der Waals surface area contributed by atoms with E-state index in [2.05, 4.69) is 59.2 Å². The standard InChI is InChI=1S/C21H27N3/c1-17-14-19(8-9-20(17)22)23-13-11-21(16-23)10-5-12-24(21)15-18-6-3-2-4-7-18/h2-4,6-9,14H,5,10-13,15-16,22H2,1H3. The summed E-state index contributed by atoms with van der Waals surface area (Å²) in [6.07, 6.45) is 3.91. The molecule has 2 saturated heterocycles. The minimum absolute atomic E-state index is 0.352. The number of anilines is 2. The van der Waals surface area contributed by atoms with E-state index >= 15 is 0 Å². The predicted octanol–water partition coefficient (Wildman–Crippen LogP) is 3.82. The van der Waals surface area contributed by atoms with Crippen molar-refractivity contribution in [1.29, 1.82) is 0 Å². The first-order valence-electron chi connectivity index (χ1n) is 9.06. The number of benzene rings is 2. The van der Waals surface area contributed by atoms with Crippen LogP contribution in [0.25, 0.3) is 0 Å². The third-order valence-corrected chi connectivity index (χ3v) is 5.91. The number of nitrogens with two attached hydrogens (primary N) is 1. The van der Waals surface area contributed by atoms with Crippen LogP contribution >= 0.6 is 0 Å². The van der Waals surface area contributed by atoms with Crippen LogP contribution in [0.4, 0.5) is 11.4 Å². The van der Waals surface area contributed by atoms with Crippen LogP contribution in [-0.4, -0.2) is 30.1 Å². The Morgan fingerprint density at radius 1 is 1.04 bits per heavy atom. The van der Waals surface area contributed by atoms with E-state index in [-0.39, 0.29) is 0 Å². The third kappa shape index (κ3) is 2.78. The molecule has 1 spiro atoms. The van der Waals surface area contributed by atoms with Gasteiger partial charge in [0.1, 0.15) is 0 Å². The molecule has 0 saturated carbocycles. The molecular formula is C21H27N3. The Hall–Kier alpha value is -2.00. The van der Waals surface area contributed by atoms with Crippen molar-refractivity contribution in [2.45, 2.75) is 38.3 Å². The molecule has 4 rings (SSSR count). The lowest BCUT2D eigenvalue weighted by atomic mass is 9.94. The van der Waals surface area contributed by atoms with Crippen LogP contribution in [-0.2, 0) is 6.54 Å². The van der Waals surface area contributed by atoms with E-state index in [4.69, 9.17) is 5.73 Å². The van der Waals surface area contributed by atoms with Crippen LogP contribution < -0.4 is 10.6 Å². The molecular weight excluding hydrogens is 294 g/mol. The first-order chi connectivity index (χ1) is 11.7. The molecule has 2 fully saturated rings. The lowest BCUT2D eigenvalue weighted by Crippen LogP contribution is -2.45. The topological polar surface area (TPSA) is 32.5 Å². The van der Waals surface area contributed by atoms with Gasteiger partial charge in [0.2, 0.25) is 0 Å². The predicted molar refractivity (Wildman–Crippen MR) is 101 cm³/mol. The zero-order chi connectivity index (χ0) is 16.6. The SMILES string of the molecule is Cc1cc(N2CCC3(CCCN3Cc3ccccc3)C2)ccc1N. The number of nitrogen functional groups attached to an aromatic ring is 1. The first kappa shape index (κ1) is 15.5. The van der Waals surface area contributed by atoms with Crippen LogP contribution in [0.1, 0.15) is 30.4 Å². The number of hydrogen-bond donors (Lipinski definition) is 1. The van der Waals surface area contributed by atoms with E-state index in [1.807, 2.05) is 6.07 Å². The molecule has 2 aliphatic heterocycles. The summed E-state index contributed by atoms with van der Waals surface area (Å²) in [7, 11) is 0. The van der Waals surface area contributed by atoms with Crippen molar-refractivity contribution in [3.63, 3.8) is 0 Å². The highest BCUT2D eigenvalue weighted by molar-refractivity contribution is 5.58. The Kier molecular flexibility index (Phi) is 3.97. The average Bonchev–Trinajstić information content (AvgIpc) is 3.19. The molecule has 2 aromatic rings. The molecule has 126 valence electrons. The van der Waals surface area contributed by atoms with Gasteiger partial charge in [-0.3, -0.25) is 4.90 Å². The largest absolute Gasteiger partial charge is 0.399 e. The normalized spacial score (nSPS) is 24.1. The van der Waals surface area contributed by atoms with Crippen molar-refractivity contribution < 1.29 is 0 Å². The molecule has 3 heteroatoms. The van der Waals surface area contributed by atoms with E-state index in [1.54, 1.807) is 0 Å². The first-order valence-corrected chi connectivity index (χ1v) is 9.06. The fourth-order valence-electron chi connectivity index (χ4n) is 4.44. The van der Waals surface area contributed by atoms with Gasteiger partial charge >= 0.3 is 0 Å². The number of hydrogen-bond acceptors (Lipinski definition) is 3. The monoisotopic (exact) mass is 321 g/mol. The van der Waals surface area contributed by atoms with Crippen molar-refractivity contribution >= 4 is 11.4 Å². The molecule has 0 aliphatic carbocycles. The summed E-state index contributed by atoms with van der Waals surface area (Å²) in [5.41, 5.74) is 11.2. The van der Waals surface area contributed by atoms with Gasteiger partial charge in [0.25, 0.3) is 0 Å². The third-order valence-electron chi connectivity index (χ3n) is 5.91. The zero-order valence-electron chi connectivity index (χ0n) is 14.5. The number of likely N-dealkylation sites (tertiary alicyclic amines) is 1. The molecule has 1 atom stereocenters. The van der Waals surface area contributed by atoms with Crippen LogP contribution in [0.2, 0.25) is 0 Å². The maximum atomic E-state index is 5.98. The van der Waals surface area contributed by atoms with E-state index in [0.717, 1.165) is 25.3 Å². The van der Waals surface area contributed by atoms with E-state index < -0.39 is 0 Å². The highest BCUT2D eigenvalue weighted by atomic mass is 15.3. The smallest absolute Gasteiger partial charge is 0.0405 e. The lowest BCUT2D eigenvalue weighted by Gasteiger charge is -2.35. The summed E-state index contributed by atoms with van der Waals surface area (Å²) >= 11 is 0. The molecule has 3 nitrogen and oxygen atoms in total. The molecule has 2 heterocycles. The van der Waals surface area contributed by atoms with Crippen LogP contribution in [0.15, 0.2) is 48.5 Å². The van der Waals surface area contributed by atoms with Gasteiger partial charge in [-0.05, 0) is 62.1 Å². The van der Waals surface area contributed by atoms with Crippen molar-refractivity contribution in [2.75, 3.05) is 30.3 Å². The van der Waals surface area contributed by atoms with Crippen molar-refractivity contribution in [3.05, 3.63) is 59.7 Å². The van der Waals surface area contributed by atoms with Gasteiger partial charge in [0.15, 0.2) is 0 Å². The molecule has 24 heavy (non-hydrogen) atoms. The maximum Gasteiger partial charge on any atom is 0.0405 e. The lowest BCUT2D eigenvalue weighted by molar-refractivity contribution is 0.150. The highest BCUT2D eigenvalue weighted by Crippen LogP contribution is 2.40. The van der Waals surface area contributed by atoms with Crippen molar-refractivity contribution in [3.8, 4) is 0 Å². The fraction of sp³-hybridized carbons (Fsp3) is 0.429. The van der Waals surface area contributed by atoms with Crippen LogP contribution in [0, 0.1) is 6.92 Å². The summed E-state index contributed by atoms with van der Waals surface area (Å²) in [6, 6.07) is 17.4. The number of rotatable bonds is 3. The van der Waals surface area contributed by atoms with Gasteiger partial charge in [0, 0.05) is 36.5 Å². The van der Waals surface area contributed by atoms with Crippen molar-refractivity contribution in [2.24, 2.45) is 0 Å². The van der Waals surface area contributed by atoms with Gasteiger partial charge < -0.3 is 10.6 Å². The second kappa shape index (κ2) is 6.14. The second-order valence-electron chi connectivity index (χ2n) is 7.45. The Morgan fingerprint density at radius 3 is 2.67 bits per heavy atom. The Morgan fingerprint density at radius 2 is 1.88 bits per heavy atom. The quantitative estimate of drug-likeness (QED) is 0.872. The van der Waals surface area contributed by atoms with Gasteiger partial charge in [0.05, 0.1) is 0 Å². The molecule has 0 bridgehead atoms. The Balaban J connectivity index is 1.52. The number of aryl methyl sites for hydroxylation is 1. The molecule has 2 N–H and O–H groups in total. The Bertz CT molecular complexity index is 712. The second-order valence-corrected chi connectivity index (χ2v) is 7.45. The van der Waals surface area contributed by atoms with Crippen LogP contribution in [0.3, 0.4) is 0 Å². The number of nitrogens with zero attached hydrogens (tertiary/aromatic N) is 2. The summed E-state index contributed by atoms with van der Waals surface area (Å²) in [4.78, 5) is 5.28. The summed E-state index contributed by atoms with van der Waals surface area (Å²) < 4.78 is 0. The highest BCUT2D eigenvalue weighted by Gasteiger charge is 2.45. The van der Waals surface area contributed by atoms with Crippen LogP contribution in [0.5, 0.6) is 0 Å². The van der Waals surface area contributed by atoms with Gasteiger partial charge in [-0.25, -0.2) is 0 Å². The maximum absolute atomic E-state index is 5.98. The molecule has 0 amide bonds. The molecule has 2 aliphatic rings. The Labute approximate surface area is 145 Å². The zero-order valence-corrected chi connectivity index (χ0v) is 14.5. The van der Waals surface area contributed by atoms with E-state index in [9.17, 15) is 0 Å². The minimum atomic E-state index is 0.352. The molecule has 1 unspecified atom stereocenters. The summed E-state index contributed by atoms with van der Waals surface area (Å²) in [5, 5.41) is 0. The molecule has 2 aromatic carbocycles. The molecule has 0 aromatic heterocycles. The van der Waals surface area contributed by atoms with Gasteiger partial charge in [-0.1, -0.05) is 30.3 Å². The summed E-state index contributed by atoms with van der Waals surface area (Å²) in [5.74, 6) is 0. The van der Waals surface area contributed by atoms with E-state index in [1.165, 1.54) is 42.6 Å². The summed E-state index contributed by atoms with van der Waals surface area (Å²) in [6.45, 7) is 6.69. The average molecular weight is 321 g/mol. The molecule has 0 radical (unpaired) electrons. The fourth-order valence-corrected chi connectivity index (χ4v) is 4.44.